The largest absolute Gasteiger partial charge is 0.326 e. The quantitative estimate of drug-likeness (QED) is 0.781. The van der Waals surface area contributed by atoms with E-state index < -0.39 is 0 Å². The van der Waals surface area contributed by atoms with Crippen molar-refractivity contribution in [3.63, 3.8) is 0 Å². The predicted octanol–water partition coefficient (Wildman–Crippen LogP) is 4.34. The van der Waals surface area contributed by atoms with E-state index in [1.165, 1.54) is 0 Å². The van der Waals surface area contributed by atoms with Gasteiger partial charge in [0.05, 0.1) is 0 Å². The maximum absolute atomic E-state index is 12.1. The molecule has 0 aliphatic carbocycles. The minimum atomic E-state index is -0.341. The summed E-state index contributed by atoms with van der Waals surface area (Å²) in [6.45, 7) is 5.90. The Morgan fingerprint density at radius 1 is 0.913 bits per heavy atom. The SMILES string of the molecule is Cc1cc(C)c(NC(=O)CC(=O)Nc2ccc(Br)cc2)c(C)c1. The molecule has 0 saturated heterocycles. The number of rotatable bonds is 4. The van der Waals surface area contributed by atoms with Crippen LogP contribution in [0.1, 0.15) is 23.1 Å². The van der Waals surface area contributed by atoms with Crippen LogP contribution in [0.5, 0.6) is 0 Å². The van der Waals surface area contributed by atoms with Crippen LogP contribution in [0.4, 0.5) is 11.4 Å². The van der Waals surface area contributed by atoms with Crippen LogP contribution >= 0.6 is 15.9 Å². The molecule has 23 heavy (non-hydrogen) atoms. The van der Waals surface area contributed by atoms with Crippen molar-refractivity contribution in [3.05, 3.63) is 57.6 Å². The van der Waals surface area contributed by atoms with E-state index in [-0.39, 0.29) is 18.2 Å². The number of anilines is 2. The molecule has 5 heteroatoms. The van der Waals surface area contributed by atoms with Gasteiger partial charge >= 0.3 is 0 Å². The van der Waals surface area contributed by atoms with Crippen molar-refractivity contribution in [1.82, 2.24) is 0 Å². The highest BCUT2D eigenvalue weighted by molar-refractivity contribution is 9.10. The van der Waals surface area contributed by atoms with Crippen LogP contribution < -0.4 is 10.6 Å². The van der Waals surface area contributed by atoms with Crippen LogP contribution in [0, 0.1) is 20.8 Å². The second-order valence-corrected chi connectivity index (χ2v) is 6.47. The van der Waals surface area contributed by atoms with Gasteiger partial charge in [-0.05, 0) is 56.2 Å². The van der Waals surface area contributed by atoms with Gasteiger partial charge in [0.2, 0.25) is 11.8 Å². The van der Waals surface area contributed by atoms with Gasteiger partial charge in [-0.25, -0.2) is 0 Å². The third kappa shape index (κ3) is 4.93. The second kappa shape index (κ2) is 7.42. The molecule has 2 N–H and O–H groups in total. The molecule has 2 aromatic rings. The first-order valence-electron chi connectivity index (χ1n) is 7.28. The molecule has 0 spiro atoms. The van der Waals surface area contributed by atoms with E-state index in [9.17, 15) is 9.59 Å². The standard InChI is InChI=1S/C18H19BrN2O2/c1-11-8-12(2)18(13(3)9-11)21-17(23)10-16(22)20-15-6-4-14(19)5-7-15/h4-9H,10H2,1-3H3,(H,20,22)(H,21,23). The van der Waals surface area contributed by atoms with Crippen LogP contribution in [0.3, 0.4) is 0 Å². The molecule has 0 aliphatic rings. The smallest absolute Gasteiger partial charge is 0.233 e. The topological polar surface area (TPSA) is 58.2 Å². The Labute approximate surface area is 144 Å². The summed E-state index contributed by atoms with van der Waals surface area (Å²) >= 11 is 3.33. The lowest BCUT2D eigenvalue weighted by Gasteiger charge is -2.13. The molecule has 120 valence electrons. The minimum Gasteiger partial charge on any atom is -0.326 e. The molecule has 0 saturated carbocycles. The van der Waals surface area contributed by atoms with Crippen molar-refractivity contribution < 1.29 is 9.59 Å². The van der Waals surface area contributed by atoms with Crippen molar-refractivity contribution >= 4 is 39.1 Å². The summed E-state index contributed by atoms with van der Waals surface area (Å²) in [6, 6.07) is 11.2. The summed E-state index contributed by atoms with van der Waals surface area (Å²) in [5, 5.41) is 5.53. The fourth-order valence-corrected chi connectivity index (χ4v) is 2.71. The van der Waals surface area contributed by atoms with E-state index >= 15 is 0 Å². The summed E-state index contributed by atoms with van der Waals surface area (Å²) in [5.74, 6) is -0.665. The lowest BCUT2D eigenvalue weighted by atomic mass is 10.0. The van der Waals surface area contributed by atoms with Crippen molar-refractivity contribution in [2.24, 2.45) is 0 Å². The van der Waals surface area contributed by atoms with Gasteiger partial charge < -0.3 is 10.6 Å². The predicted molar refractivity (Wildman–Crippen MR) is 96.7 cm³/mol. The average molecular weight is 375 g/mol. The average Bonchev–Trinajstić information content (AvgIpc) is 2.45. The van der Waals surface area contributed by atoms with Gasteiger partial charge in [0.1, 0.15) is 6.42 Å². The third-order valence-corrected chi connectivity index (χ3v) is 3.92. The Kier molecular flexibility index (Phi) is 5.55. The van der Waals surface area contributed by atoms with Gasteiger partial charge in [-0.15, -0.1) is 0 Å². The Bertz CT molecular complexity index is 716. The lowest BCUT2D eigenvalue weighted by Crippen LogP contribution is -2.22. The summed E-state index contributed by atoms with van der Waals surface area (Å²) in [6.07, 6.45) is -0.219. The van der Waals surface area contributed by atoms with E-state index in [1.54, 1.807) is 12.1 Å². The molecule has 0 aromatic heterocycles. The lowest BCUT2D eigenvalue weighted by molar-refractivity contribution is -0.123. The van der Waals surface area contributed by atoms with Crippen LogP contribution in [0.25, 0.3) is 0 Å². The van der Waals surface area contributed by atoms with Crippen LogP contribution in [-0.2, 0) is 9.59 Å². The van der Waals surface area contributed by atoms with Gasteiger partial charge in [0.15, 0.2) is 0 Å². The zero-order valence-corrected chi connectivity index (χ0v) is 15.0. The van der Waals surface area contributed by atoms with Crippen molar-refractivity contribution in [2.75, 3.05) is 10.6 Å². The fourth-order valence-electron chi connectivity index (χ4n) is 2.45. The first kappa shape index (κ1) is 17.2. The molecule has 0 bridgehead atoms. The van der Waals surface area contributed by atoms with Crippen LogP contribution in [0.15, 0.2) is 40.9 Å². The van der Waals surface area contributed by atoms with Crippen molar-refractivity contribution in [1.29, 1.82) is 0 Å². The minimum absolute atomic E-state index is 0.219. The Hall–Kier alpha value is -2.14. The first-order valence-corrected chi connectivity index (χ1v) is 8.07. The summed E-state index contributed by atoms with van der Waals surface area (Å²) < 4.78 is 0.929. The normalized spacial score (nSPS) is 10.3. The van der Waals surface area contributed by atoms with Gasteiger partial charge in [0.25, 0.3) is 0 Å². The number of benzene rings is 2. The first-order chi connectivity index (χ1) is 10.8. The number of carbonyl (C=O) groups excluding carboxylic acids is 2. The summed E-state index contributed by atoms with van der Waals surface area (Å²) in [7, 11) is 0. The van der Waals surface area contributed by atoms with Gasteiger partial charge in [0, 0.05) is 15.8 Å². The third-order valence-electron chi connectivity index (χ3n) is 3.39. The second-order valence-electron chi connectivity index (χ2n) is 5.55. The zero-order chi connectivity index (χ0) is 17.0. The molecular weight excluding hydrogens is 356 g/mol. The summed E-state index contributed by atoms with van der Waals surface area (Å²) in [5.41, 5.74) is 4.56. The highest BCUT2D eigenvalue weighted by Crippen LogP contribution is 2.22. The zero-order valence-electron chi connectivity index (χ0n) is 13.4. The maximum Gasteiger partial charge on any atom is 0.233 e. The Balaban J connectivity index is 1.97. The molecule has 4 nitrogen and oxygen atoms in total. The molecule has 2 rings (SSSR count). The van der Waals surface area contributed by atoms with Gasteiger partial charge in [-0.3, -0.25) is 9.59 Å². The van der Waals surface area contributed by atoms with Crippen LogP contribution in [0.2, 0.25) is 0 Å². The van der Waals surface area contributed by atoms with E-state index in [1.807, 2.05) is 45.0 Å². The van der Waals surface area contributed by atoms with E-state index in [0.29, 0.717) is 5.69 Å². The van der Waals surface area contributed by atoms with Crippen molar-refractivity contribution in [3.8, 4) is 0 Å². The number of hydrogen-bond donors (Lipinski definition) is 2. The molecule has 0 radical (unpaired) electrons. The monoisotopic (exact) mass is 374 g/mol. The molecule has 0 heterocycles. The van der Waals surface area contributed by atoms with E-state index in [0.717, 1.165) is 26.9 Å². The van der Waals surface area contributed by atoms with Crippen molar-refractivity contribution in [2.45, 2.75) is 27.2 Å². The summed E-state index contributed by atoms with van der Waals surface area (Å²) in [4.78, 5) is 24.0. The van der Waals surface area contributed by atoms with Gasteiger partial charge in [-0.2, -0.15) is 0 Å². The highest BCUT2D eigenvalue weighted by atomic mass is 79.9. The number of nitrogens with one attached hydrogen (secondary N) is 2. The number of hydrogen-bond acceptors (Lipinski definition) is 2. The van der Waals surface area contributed by atoms with Crippen LogP contribution in [-0.4, -0.2) is 11.8 Å². The molecule has 2 aromatic carbocycles. The maximum atomic E-state index is 12.1. The molecular formula is C18H19BrN2O2. The number of amides is 2. The van der Waals surface area contributed by atoms with E-state index in [4.69, 9.17) is 0 Å². The fraction of sp³-hybridized carbons (Fsp3) is 0.222. The van der Waals surface area contributed by atoms with Gasteiger partial charge in [-0.1, -0.05) is 33.6 Å². The molecule has 0 aliphatic heterocycles. The number of halogens is 1. The molecule has 0 fully saturated rings. The number of carbonyl (C=O) groups is 2. The van der Waals surface area contributed by atoms with E-state index in [2.05, 4.69) is 26.6 Å². The Morgan fingerprint density at radius 3 is 2.00 bits per heavy atom. The molecule has 0 unspecified atom stereocenters. The number of aryl methyl sites for hydroxylation is 3. The Morgan fingerprint density at radius 2 is 1.43 bits per heavy atom. The highest BCUT2D eigenvalue weighted by Gasteiger charge is 2.12. The molecule has 0 atom stereocenters. The molecule has 2 amide bonds.